The zero-order valence-corrected chi connectivity index (χ0v) is 12.9. The zero-order valence-electron chi connectivity index (χ0n) is 10.6. The lowest BCUT2D eigenvalue weighted by atomic mass is 9.99. The summed E-state index contributed by atoms with van der Waals surface area (Å²) in [5.41, 5.74) is 1.25. The second-order valence-corrected chi connectivity index (χ2v) is 6.01. The summed E-state index contributed by atoms with van der Waals surface area (Å²) in [5, 5.41) is 4.27. The second kappa shape index (κ2) is 6.90. The zero-order chi connectivity index (χ0) is 13.0. The smallest absolute Gasteiger partial charge is 0.0613 e. The summed E-state index contributed by atoms with van der Waals surface area (Å²) in [6.45, 7) is 5.01. The number of ether oxygens (including phenoxy) is 1. The predicted octanol–water partition coefficient (Wildman–Crippen LogP) is 4.01. The van der Waals surface area contributed by atoms with Crippen LogP contribution in [0.25, 0.3) is 0 Å². The minimum atomic E-state index is 0.439. The van der Waals surface area contributed by atoms with Crippen molar-refractivity contribution in [2.45, 2.75) is 32.4 Å². The van der Waals surface area contributed by atoms with Crippen LogP contribution in [0, 0.1) is 5.92 Å². The van der Waals surface area contributed by atoms with E-state index in [2.05, 4.69) is 40.3 Å². The van der Waals surface area contributed by atoms with Crippen molar-refractivity contribution in [3.05, 3.63) is 33.3 Å². The molecular formula is C14H19BrClNO. The van der Waals surface area contributed by atoms with E-state index in [-0.39, 0.29) is 0 Å². The molecule has 1 aromatic carbocycles. The molecule has 0 radical (unpaired) electrons. The van der Waals surface area contributed by atoms with E-state index in [1.165, 1.54) is 12.0 Å². The molecule has 1 fully saturated rings. The molecule has 1 aromatic rings. The van der Waals surface area contributed by atoms with E-state index in [0.717, 1.165) is 35.6 Å². The summed E-state index contributed by atoms with van der Waals surface area (Å²) in [7, 11) is 0. The largest absolute Gasteiger partial charge is 0.378 e. The number of hydrogen-bond acceptors (Lipinski definition) is 2. The third-order valence-electron chi connectivity index (χ3n) is 3.47. The molecular weight excluding hydrogens is 314 g/mol. The van der Waals surface area contributed by atoms with Crippen molar-refractivity contribution in [1.29, 1.82) is 0 Å². The van der Waals surface area contributed by atoms with Crippen molar-refractivity contribution in [3.8, 4) is 0 Å². The summed E-state index contributed by atoms with van der Waals surface area (Å²) in [5.74, 6) is 0.658. The highest BCUT2D eigenvalue weighted by molar-refractivity contribution is 9.10. The minimum Gasteiger partial charge on any atom is -0.378 e. The van der Waals surface area contributed by atoms with Crippen LogP contribution in [0.4, 0.5) is 0 Å². The van der Waals surface area contributed by atoms with Gasteiger partial charge in [0.2, 0.25) is 0 Å². The molecule has 18 heavy (non-hydrogen) atoms. The van der Waals surface area contributed by atoms with Gasteiger partial charge in [0.15, 0.2) is 0 Å². The molecule has 100 valence electrons. The van der Waals surface area contributed by atoms with Crippen LogP contribution in [-0.2, 0) is 11.3 Å². The van der Waals surface area contributed by atoms with Crippen LogP contribution in [-0.4, -0.2) is 19.3 Å². The first-order valence-corrected chi connectivity index (χ1v) is 7.64. The summed E-state index contributed by atoms with van der Waals surface area (Å²) < 4.78 is 6.64. The number of benzene rings is 1. The van der Waals surface area contributed by atoms with E-state index >= 15 is 0 Å². The second-order valence-electron chi connectivity index (χ2n) is 4.75. The van der Waals surface area contributed by atoms with Crippen molar-refractivity contribution in [2.75, 3.05) is 13.2 Å². The summed E-state index contributed by atoms with van der Waals surface area (Å²) in [4.78, 5) is 0. The fourth-order valence-electron chi connectivity index (χ4n) is 2.43. The highest BCUT2D eigenvalue weighted by Crippen LogP contribution is 2.24. The van der Waals surface area contributed by atoms with Crippen LogP contribution in [0.5, 0.6) is 0 Å². The Morgan fingerprint density at radius 3 is 3.06 bits per heavy atom. The van der Waals surface area contributed by atoms with E-state index in [9.17, 15) is 0 Å². The molecule has 0 saturated carbocycles. The average Bonchev–Trinajstić information content (AvgIpc) is 2.81. The Kier molecular flexibility index (Phi) is 5.49. The van der Waals surface area contributed by atoms with E-state index < -0.39 is 0 Å². The summed E-state index contributed by atoms with van der Waals surface area (Å²) in [6.07, 6.45) is 2.73. The molecule has 1 aliphatic heterocycles. The van der Waals surface area contributed by atoms with Crippen molar-refractivity contribution in [3.63, 3.8) is 0 Å². The van der Waals surface area contributed by atoms with Crippen LogP contribution in [0.1, 0.15) is 25.3 Å². The van der Waals surface area contributed by atoms with Crippen molar-refractivity contribution in [1.82, 2.24) is 5.32 Å². The molecule has 0 amide bonds. The molecule has 2 atom stereocenters. The van der Waals surface area contributed by atoms with Gasteiger partial charge in [0, 0.05) is 24.2 Å². The van der Waals surface area contributed by atoms with Gasteiger partial charge < -0.3 is 10.1 Å². The fourth-order valence-corrected chi connectivity index (χ4v) is 2.97. The van der Waals surface area contributed by atoms with E-state index in [0.29, 0.717) is 12.0 Å². The number of halogens is 2. The average molecular weight is 333 g/mol. The van der Waals surface area contributed by atoms with Crippen LogP contribution < -0.4 is 5.32 Å². The lowest BCUT2D eigenvalue weighted by Crippen LogP contribution is -2.27. The van der Waals surface area contributed by atoms with Crippen molar-refractivity contribution >= 4 is 27.5 Å². The Bertz CT molecular complexity index is 399. The highest BCUT2D eigenvalue weighted by Gasteiger charge is 2.25. The van der Waals surface area contributed by atoms with Crippen LogP contribution in [0.3, 0.4) is 0 Å². The quantitative estimate of drug-likeness (QED) is 0.879. The first kappa shape index (κ1) is 14.3. The third-order valence-corrected chi connectivity index (χ3v) is 4.68. The van der Waals surface area contributed by atoms with Gasteiger partial charge in [-0.15, -0.1) is 0 Å². The maximum absolute atomic E-state index is 5.97. The fraction of sp³-hybridized carbons (Fsp3) is 0.571. The van der Waals surface area contributed by atoms with E-state index in [1.807, 2.05) is 6.07 Å². The van der Waals surface area contributed by atoms with Gasteiger partial charge in [-0.05, 0) is 52.4 Å². The lowest BCUT2D eigenvalue weighted by Gasteiger charge is -2.17. The standard InChI is InChI=1S/C14H19BrClNO/c1-2-14-11(5-6-18-14)9-17-8-10-3-4-13(16)12(15)7-10/h3-4,7,11,14,17H,2,5-6,8-9H2,1H3. The van der Waals surface area contributed by atoms with Gasteiger partial charge in [-0.1, -0.05) is 24.6 Å². The number of rotatable bonds is 5. The molecule has 4 heteroatoms. The lowest BCUT2D eigenvalue weighted by molar-refractivity contribution is 0.0872. The molecule has 0 aromatic heterocycles. The van der Waals surface area contributed by atoms with Gasteiger partial charge in [-0.2, -0.15) is 0 Å². The van der Waals surface area contributed by atoms with E-state index in [1.54, 1.807) is 0 Å². The first-order valence-electron chi connectivity index (χ1n) is 6.47. The molecule has 2 nitrogen and oxygen atoms in total. The number of nitrogens with one attached hydrogen (secondary N) is 1. The van der Waals surface area contributed by atoms with Crippen molar-refractivity contribution < 1.29 is 4.74 Å². The Morgan fingerprint density at radius 2 is 2.33 bits per heavy atom. The van der Waals surface area contributed by atoms with Gasteiger partial charge in [0.25, 0.3) is 0 Å². The highest BCUT2D eigenvalue weighted by atomic mass is 79.9. The van der Waals surface area contributed by atoms with Gasteiger partial charge in [0.1, 0.15) is 0 Å². The topological polar surface area (TPSA) is 21.3 Å². The van der Waals surface area contributed by atoms with Crippen molar-refractivity contribution in [2.24, 2.45) is 5.92 Å². The number of hydrogen-bond donors (Lipinski definition) is 1. The van der Waals surface area contributed by atoms with Crippen LogP contribution >= 0.6 is 27.5 Å². The Balaban J connectivity index is 1.79. The summed E-state index contributed by atoms with van der Waals surface area (Å²) in [6, 6.07) is 6.05. The molecule has 1 saturated heterocycles. The monoisotopic (exact) mass is 331 g/mol. The maximum Gasteiger partial charge on any atom is 0.0613 e. The predicted molar refractivity (Wildman–Crippen MR) is 79.0 cm³/mol. The van der Waals surface area contributed by atoms with Gasteiger partial charge in [-0.3, -0.25) is 0 Å². The van der Waals surface area contributed by atoms with E-state index in [4.69, 9.17) is 16.3 Å². The first-order chi connectivity index (χ1) is 8.70. The van der Waals surface area contributed by atoms with Gasteiger partial charge in [0.05, 0.1) is 11.1 Å². The molecule has 1 heterocycles. The molecule has 1 N–H and O–H groups in total. The summed E-state index contributed by atoms with van der Waals surface area (Å²) >= 11 is 9.42. The molecule has 0 bridgehead atoms. The molecule has 0 aliphatic carbocycles. The molecule has 2 unspecified atom stereocenters. The maximum atomic E-state index is 5.97. The minimum absolute atomic E-state index is 0.439. The van der Waals surface area contributed by atoms with Gasteiger partial charge in [-0.25, -0.2) is 0 Å². The Morgan fingerprint density at radius 1 is 1.50 bits per heavy atom. The Hall–Kier alpha value is -0.0900. The normalized spacial score (nSPS) is 23.5. The van der Waals surface area contributed by atoms with Gasteiger partial charge >= 0.3 is 0 Å². The molecule has 0 spiro atoms. The SMILES string of the molecule is CCC1OCCC1CNCc1ccc(Cl)c(Br)c1. The molecule has 2 rings (SSSR count). The van der Waals surface area contributed by atoms with Crippen LogP contribution in [0.2, 0.25) is 5.02 Å². The van der Waals surface area contributed by atoms with Crippen LogP contribution in [0.15, 0.2) is 22.7 Å². The Labute approximate surface area is 122 Å². The molecule has 1 aliphatic rings. The third kappa shape index (κ3) is 3.70.